The summed E-state index contributed by atoms with van der Waals surface area (Å²) in [6, 6.07) is 5.87. The second-order valence-electron chi connectivity index (χ2n) is 8.96. The van der Waals surface area contributed by atoms with Gasteiger partial charge in [-0.15, -0.1) is 0 Å². The number of allylic oxidation sites excluding steroid dienone is 2. The fraction of sp³-hybridized carbons (Fsp3) is 0.542. The highest BCUT2D eigenvalue weighted by Gasteiger charge is 2.65. The second kappa shape index (κ2) is 6.82. The van der Waals surface area contributed by atoms with Crippen LogP contribution in [-0.4, -0.2) is 23.3 Å². The van der Waals surface area contributed by atoms with E-state index in [4.69, 9.17) is 9.47 Å². The summed E-state index contributed by atoms with van der Waals surface area (Å²) in [6.45, 7) is 6.48. The van der Waals surface area contributed by atoms with Crippen LogP contribution in [0.5, 0.6) is 5.75 Å². The summed E-state index contributed by atoms with van der Waals surface area (Å²) in [5.74, 6) is 0.482. The van der Waals surface area contributed by atoms with E-state index in [1.165, 1.54) is 30.5 Å². The Labute approximate surface area is 171 Å². The lowest BCUT2D eigenvalue weighted by molar-refractivity contribution is -0.179. The normalized spacial score (nSPS) is 32.3. The molecule has 29 heavy (non-hydrogen) atoms. The molecule has 0 radical (unpaired) electrons. The average Bonchev–Trinajstić information content (AvgIpc) is 2.94. The van der Waals surface area contributed by atoms with Crippen molar-refractivity contribution in [3.8, 4) is 5.75 Å². The lowest BCUT2D eigenvalue weighted by atomic mass is 9.56. The number of benzene rings is 1. The van der Waals surface area contributed by atoms with Gasteiger partial charge >= 0.3 is 11.9 Å². The number of aryl methyl sites for hydroxylation is 1. The standard InChI is InChI=1S/C24H28O5/c1-14(25)24(29-16(3)27)12-10-22-21-7-5-17-13-18(28-15(2)26)6-8-19(17)20(21)9-11-23(22,24)4/h6,8-9,13,21-22H,5,7,10-12H2,1-4H3/t21-,22+,23+,24+/m1/s1. The van der Waals surface area contributed by atoms with Crippen molar-refractivity contribution in [1.82, 2.24) is 0 Å². The largest absolute Gasteiger partial charge is 0.451 e. The Morgan fingerprint density at radius 3 is 2.48 bits per heavy atom. The molecule has 4 rings (SSSR count). The van der Waals surface area contributed by atoms with E-state index in [0.717, 1.165) is 19.3 Å². The van der Waals surface area contributed by atoms with Crippen LogP contribution in [0.15, 0.2) is 24.3 Å². The minimum absolute atomic E-state index is 0.0446. The van der Waals surface area contributed by atoms with Gasteiger partial charge in [-0.3, -0.25) is 14.4 Å². The second-order valence-corrected chi connectivity index (χ2v) is 8.96. The van der Waals surface area contributed by atoms with Crippen molar-refractivity contribution in [1.29, 1.82) is 0 Å². The van der Waals surface area contributed by atoms with Crippen molar-refractivity contribution in [3.63, 3.8) is 0 Å². The summed E-state index contributed by atoms with van der Waals surface area (Å²) in [7, 11) is 0. The first kappa shape index (κ1) is 19.9. The van der Waals surface area contributed by atoms with E-state index in [0.29, 0.717) is 30.4 Å². The van der Waals surface area contributed by atoms with Gasteiger partial charge in [0.1, 0.15) is 5.75 Å². The predicted molar refractivity (Wildman–Crippen MR) is 108 cm³/mol. The summed E-state index contributed by atoms with van der Waals surface area (Å²) < 4.78 is 11.0. The van der Waals surface area contributed by atoms with Crippen molar-refractivity contribution in [2.45, 2.75) is 65.4 Å². The zero-order valence-electron chi connectivity index (χ0n) is 17.5. The maximum atomic E-state index is 12.7. The Hall–Kier alpha value is -2.43. The van der Waals surface area contributed by atoms with Crippen LogP contribution in [-0.2, 0) is 25.5 Å². The first-order valence-electron chi connectivity index (χ1n) is 10.4. The van der Waals surface area contributed by atoms with Crippen molar-refractivity contribution in [2.24, 2.45) is 17.3 Å². The highest BCUT2D eigenvalue weighted by atomic mass is 16.6. The van der Waals surface area contributed by atoms with Gasteiger partial charge in [-0.1, -0.05) is 19.1 Å². The first-order valence-corrected chi connectivity index (χ1v) is 10.4. The number of carbonyl (C=O) groups is 3. The van der Waals surface area contributed by atoms with E-state index < -0.39 is 5.60 Å². The zero-order valence-corrected chi connectivity index (χ0v) is 17.5. The molecule has 0 aromatic heterocycles. The molecule has 3 aliphatic carbocycles. The van der Waals surface area contributed by atoms with Gasteiger partial charge in [0.25, 0.3) is 0 Å². The van der Waals surface area contributed by atoms with Crippen LogP contribution in [0.1, 0.15) is 64.5 Å². The van der Waals surface area contributed by atoms with Gasteiger partial charge in [0.2, 0.25) is 0 Å². The maximum absolute atomic E-state index is 12.7. The Morgan fingerprint density at radius 2 is 1.83 bits per heavy atom. The fourth-order valence-corrected chi connectivity index (χ4v) is 6.24. The topological polar surface area (TPSA) is 69.7 Å². The Balaban J connectivity index is 1.72. The van der Waals surface area contributed by atoms with Crippen LogP contribution in [0.25, 0.3) is 5.57 Å². The number of carbonyl (C=O) groups excluding carboxylic acids is 3. The van der Waals surface area contributed by atoms with Gasteiger partial charge in [0.05, 0.1) is 0 Å². The number of esters is 2. The summed E-state index contributed by atoms with van der Waals surface area (Å²) in [5.41, 5.74) is 2.33. The van der Waals surface area contributed by atoms with Crippen LogP contribution >= 0.6 is 0 Å². The number of Topliss-reactive ketones (excluding diaryl/α,β-unsaturated/α-hetero) is 1. The maximum Gasteiger partial charge on any atom is 0.308 e. The molecule has 1 aromatic carbocycles. The summed E-state index contributed by atoms with van der Waals surface area (Å²) >= 11 is 0. The molecular weight excluding hydrogens is 368 g/mol. The highest BCUT2D eigenvalue weighted by Crippen LogP contribution is 2.63. The summed E-state index contributed by atoms with van der Waals surface area (Å²) in [5, 5.41) is 0. The molecule has 0 bridgehead atoms. The van der Waals surface area contributed by atoms with E-state index in [2.05, 4.69) is 13.0 Å². The van der Waals surface area contributed by atoms with Gasteiger partial charge < -0.3 is 9.47 Å². The molecule has 3 aliphatic rings. The third kappa shape index (κ3) is 2.93. The van der Waals surface area contributed by atoms with Crippen molar-refractivity contribution in [3.05, 3.63) is 35.4 Å². The van der Waals surface area contributed by atoms with E-state index in [9.17, 15) is 14.4 Å². The molecule has 0 N–H and O–H groups in total. The molecule has 0 amide bonds. The molecule has 5 heteroatoms. The van der Waals surface area contributed by atoms with Crippen LogP contribution in [0.3, 0.4) is 0 Å². The monoisotopic (exact) mass is 396 g/mol. The average molecular weight is 396 g/mol. The molecule has 1 aromatic rings. The first-order chi connectivity index (χ1) is 13.7. The van der Waals surface area contributed by atoms with Gasteiger partial charge in [-0.05, 0) is 79.7 Å². The molecule has 4 atom stereocenters. The minimum atomic E-state index is -1.02. The molecule has 1 fully saturated rings. The van der Waals surface area contributed by atoms with Gasteiger partial charge in [-0.2, -0.15) is 0 Å². The number of fused-ring (bicyclic) bond motifs is 5. The zero-order chi connectivity index (χ0) is 21.0. The number of ether oxygens (including phenoxy) is 2. The van der Waals surface area contributed by atoms with E-state index in [1.54, 1.807) is 6.92 Å². The van der Waals surface area contributed by atoms with Gasteiger partial charge in [0.15, 0.2) is 11.4 Å². The van der Waals surface area contributed by atoms with Crippen LogP contribution < -0.4 is 4.74 Å². The van der Waals surface area contributed by atoms with Crippen LogP contribution in [0.2, 0.25) is 0 Å². The molecule has 154 valence electrons. The van der Waals surface area contributed by atoms with Crippen molar-refractivity contribution < 1.29 is 23.9 Å². The molecule has 1 saturated carbocycles. The third-order valence-corrected chi connectivity index (χ3v) is 7.44. The molecular formula is C24H28O5. The molecule has 5 nitrogen and oxygen atoms in total. The van der Waals surface area contributed by atoms with Gasteiger partial charge in [0, 0.05) is 19.3 Å². The molecule has 0 heterocycles. The predicted octanol–water partition coefficient (Wildman–Crippen LogP) is 4.27. The highest BCUT2D eigenvalue weighted by molar-refractivity contribution is 5.89. The lowest BCUT2D eigenvalue weighted by Gasteiger charge is -2.50. The van der Waals surface area contributed by atoms with Crippen molar-refractivity contribution >= 4 is 23.3 Å². The van der Waals surface area contributed by atoms with E-state index >= 15 is 0 Å². The Morgan fingerprint density at radius 1 is 1.07 bits per heavy atom. The number of rotatable bonds is 3. The molecule has 0 unspecified atom stereocenters. The Bertz CT molecular complexity index is 929. The number of hydrogen-bond donors (Lipinski definition) is 0. The lowest BCUT2D eigenvalue weighted by Crippen LogP contribution is -2.55. The van der Waals surface area contributed by atoms with E-state index in [1.807, 2.05) is 18.2 Å². The summed E-state index contributed by atoms with van der Waals surface area (Å²) in [6.07, 6.45) is 6.32. The van der Waals surface area contributed by atoms with E-state index in [-0.39, 0.29) is 23.1 Å². The van der Waals surface area contributed by atoms with Crippen molar-refractivity contribution in [2.75, 3.05) is 0 Å². The molecule has 0 aliphatic heterocycles. The van der Waals surface area contributed by atoms with Gasteiger partial charge in [-0.25, -0.2) is 0 Å². The van der Waals surface area contributed by atoms with Crippen LogP contribution in [0, 0.1) is 17.3 Å². The SMILES string of the molecule is CC(=O)Oc1ccc2c(c1)CC[C@@H]1C2=CC[C@@]2(C)[C@H]1CC[C@]2(OC(C)=O)C(C)=O. The molecule has 0 saturated heterocycles. The van der Waals surface area contributed by atoms with Crippen LogP contribution in [0.4, 0.5) is 0 Å². The smallest absolute Gasteiger partial charge is 0.308 e. The number of hydrogen-bond acceptors (Lipinski definition) is 5. The third-order valence-electron chi connectivity index (χ3n) is 7.44. The summed E-state index contributed by atoms with van der Waals surface area (Å²) in [4.78, 5) is 35.8. The molecule has 0 spiro atoms. The fourth-order valence-electron chi connectivity index (χ4n) is 6.24. The Kier molecular flexibility index (Phi) is 4.67. The number of ketones is 1. The quantitative estimate of drug-likeness (QED) is 0.564. The minimum Gasteiger partial charge on any atom is -0.451 e.